The molecule has 4 bridgehead atoms. The van der Waals surface area contributed by atoms with Crippen molar-refractivity contribution in [2.45, 2.75) is 75.8 Å². The second-order valence-electron chi connectivity index (χ2n) is 8.31. The van der Waals surface area contributed by atoms with Crippen LogP contribution in [0.15, 0.2) is 0 Å². The third-order valence-corrected chi connectivity index (χ3v) is 6.61. The Morgan fingerprint density at radius 3 is 2.15 bits per heavy atom. The molecule has 2 atom stereocenters. The number of carbonyl (C=O) groups is 1. The molecular formula is C17H28N2O. The summed E-state index contributed by atoms with van der Waals surface area (Å²) < 4.78 is 0. The summed E-state index contributed by atoms with van der Waals surface area (Å²) in [5, 5.41) is 3.48. The molecule has 5 rings (SSSR count). The van der Waals surface area contributed by atoms with E-state index in [1.54, 1.807) is 0 Å². The predicted molar refractivity (Wildman–Crippen MR) is 79.0 cm³/mol. The molecule has 3 nitrogen and oxygen atoms in total. The smallest absolute Gasteiger partial charge is 0.220 e. The third-order valence-electron chi connectivity index (χ3n) is 6.61. The Morgan fingerprint density at radius 2 is 1.65 bits per heavy atom. The molecule has 0 aromatic heterocycles. The normalized spacial score (nSPS) is 49.5. The van der Waals surface area contributed by atoms with E-state index in [0.717, 1.165) is 30.6 Å². The van der Waals surface area contributed by atoms with Gasteiger partial charge in [-0.15, -0.1) is 0 Å². The minimum Gasteiger partial charge on any atom is -0.351 e. The van der Waals surface area contributed by atoms with E-state index in [1.165, 1.54) is 44.9 Å². The fourth-order valence-corrected chi connectivity index (χ4v) is 6.17. The maximum Gasteiger partial charge on any atom is 0.220 e. The summed E-state index contributed by atoms with van der Waals surface area (Å²) in [7, 11) is 0. The first-order valence-electron chi connectivity index (χ1n) is 8.68. The molecule has 0 radical (unpaired) electrons. The molecule has 0 unspecified atom stereocenters. The first kappa shape index (κ1) is 13.1. The fourth-order valence-electron chi connectivity index (χ4n) is 6.17. The first-order chi connectivity index (χ1) is 9.62. The number of carbonyl (C=O) groups excluding carboxylic acids is 1. The molecule has 5 aliphatic carbocycles. The lowest BCUT2D eigenvalue weighted by Gasteiger charge is -2.57. The number of nitrogens with two attached hydrogens (primary N) is 1. The molecule has 20 heavy (non-hydrogen) atoms. The molecule has 0 aromatic carbocycles. The standard InChI is InChI=1S/C17H28N2O/c18-15-3-1-2-14(15)7-16(20)19-17-8-11-4-12(9-17)6-13(5-11)10-17/h11-15H,1-10,18H2,(H,19,20)/t11?,12?,13?,14-,15+,17?/m0/s1. The molecule has 3 N–H and O–H groups in total. The Kier molecular flexibility index (Phi) is 3.10. The zero-order chi connectivity index (χ0) is 13.7. The Hall–Kier alpha value is -0.570. The molecule has 0 aliphatic heterocycles. The van der Waals surface area contributed by atoms with E-state index in [9.17, 15) is 4.79 Å². The van der Waals surface area contributed by atoms with Crippen LogP contribution in [0.1, 0.15) is 64.2 Å². The van der Waals surface area contributed by atoms with Crippen LogP contribution in [-0.2, 0) is 4.79 Å². The summed E-state index contributed by atoms with van der Waals surface area (Å²) in [5.74, 6) is 3.42. The highest BCUT2D eigenvalue weighted by Crippen LogP contribution is 2.55. The van der Waals surface area contributed by atoms with E-state index in [1.807, 2.05) is 0 Å². The van der Waals surface area contributed by atoms with Crippen molar-refractivity contribution in [3.8, 4) is 0 Å². The van der Waals surface area contributed by atoms with Crippen molar-refractivity contribution in [3.05, 3.63) is 0 Å². The maximum atomic E-state index is 12.5. The molecule has 112 valence electrons. The van der Waals surface area contributed by atoms with Crippen LogP contribution < -0.4 is 11.1 Å². The Balaban J connectivity index is 1.39. The van der Waals surface area contributed by atoms with Gasteiger partial charge in [0.1, 0.15) is 0 Å². The van der Waals surface area contributed by atoms with Gasteiger partial charge in [0.25, 0.3) is 0 Å². The van der Waals surface area contributed by atoms with Crippen molar-refractivity contribution in [2.24, 2.45) is 29.4 Å². The Labute approximate surface area is 122 Å². The van der Waals surface area contributed by atoms with E-state index in [0.29, 0.717) is 12.3 Å². The molecule has 5 aliphatic rings. The first-order valence-corrected chi connectivity index (χ1v) is 8.68. The van der Waals surface area contributed by atoms with Gasteiger partial charge >= 0.3 is 0 Å². The highest BCUT2D eigenvalue weighted by atomic mass is 16.1. The molecule has 0 aromatic rings. The molecular weight excluding hydrogens is 248 g/mol. The molecule has 1 amide bonds. The van der Waals surface area contributed by atoms with Gasteiger partial charge in [0.05, 0.1) is 0 Å². The predicted octanol–water partition coefficient (Wildman–Crippen LogP) is 2.59. The number of rotatable bonds is 3. The molecule has 0 saturated heterocycles. The highest BCUT2D eigenvalue weighted by Gasteiger charge is 2.51. The minimum atomic E-state index is 0.175. The van der Waals surface area contributed by atoms with Crippen molar-refractivity contribution in [2.75, 3.05) is 0 Å². The van der Waals surface area contributed by atoms with Gasteiger partial charge in [-0.05, 0) is 75.0 Å². The van der Waals surface area contributed by atoms with Gasteiger partial charge in [0, 0.05) is 18.0 Å². The van der Waals surface area contributed by atoms with Crippen LogP contribution in [0.2, 0.25) is 0 Å². The summed E-state index contributed by atoms with van der Waals surface area (Å²) in [5.41, 5.74) is 6.28. The van der Waals surface area contributed by atoms with Crippen LogP contribution in [0, 0.1) is 23.7 Å². The van der Waals surface area contributed by atoms with Gasteiger partial charge in [-0.3, -0.25) is 4.79 Å². The van der Waals surface area contributed by atoms with Gasteiger partial charge < -0.3 is 11.1 Å². The topological polar surface area (TPSA) is 55.1 Å². The van der Waals surface area contributed by atoms with Crippen LogP contribution in [0.4, 0.5) is 0 Å². The van der Waals surface area contributed by atoms with Gasteiger partial charge in [0.2, 0.25) is 5.91 Å². The second-order valence-corrected chi connectivity index (χ2v) is 8.31. The van der Waals surface area contributed by atoms with Crippen LogP contribution >= 0.6 is 0 Å². The van der Waals surface area contributed by atoms with Gasteiger partial charge in [-0.25, -0.2) is 0 Å². The van der Waals surface area contributed by atoms with Crippen LogP contribution in [-0.4, -0.2) is 17.5 Å². The quantitative estimate of drug-likeness (QED) is 0.832. The zero-order valence-corrected chi connectivity index (χ0v) is 12.4. The zero-order valence-electron chi connectivity index (χ0n) is 12.4. The van der Waals surface area contributed by atoms with Crippen molar-refractivity contribution in [3.63, 3.8) is 0 Å². The van der Waals surface area contributed by atoms with Crippen LogP contribution in [0.25, 0.3) is 0 Å². The average Bonchev–Trinajstić information content (AvgIpc) is 2.72. The lowest BCUT2D eigenvalue weighted by molar-refractivity contribution is -0.127. The SMILES string of the molecule is N[C@@H]1CCC[C@H]1CC(=O)NC12CC3CC(CC(C3)C1)C2. The summed E-state index contributed by atoms with van der Waals surface area (Å²) in [6.45, 7) is 0. The Bertz CT molecular complexity index is 371. The summed E-state index contributed by atoms with van der Waals surface area (Å²) in [6, 6.07) is 0.261. The largest absolute Gasteiger partial charge is 0.351 e. The van der Waals surface area contributed by atoms with E-state index < -0.39 is 0 Å². The van der Waals surface area contributed by atoms with Crippen LogP contribution in [0.3, 0.4) is 0 Å². The molecule has 3 heteroatoms. The third kappa shape index (κ3) is 2.28. The number of nitrogens with one attached hydrogen (secondary N) is 1. The van der Waals surface area contributed by atoms with E-state index in [-0.39, 0.29) is 17.5 Å². The number of hydrogen-bond acceptors (Lipinski definition) is 2. The van der Waals surface area contributed by atoms with E-state index in [4.69, 9.17) is 5.73 Å². The van der Waals surface area contributed by atoms with Gasteiger partial charge in [0.15, 0.2) is 0 Å². The van der Waals surface area contributed by atoms with Crippen molar-refractivity contribution >= 4 is 5.91 Å². The lowest BCUT2D eigenvalue weighted by Crippen LogP contribution is -2.60. The van der Waals surface area contributed by atoms with Crippen molar-refractivity contribution < 1.29 is 4.79 Å². The summed E-state index contributed by atoms with van der Waals surface area (Å²) in [4.78, 5) is 12.5. The molecule has 5 saturated carbocycles. The monoisotopic (exact) mass is 276 g/mol. The Morgan fingerprint density at radius 1 is 1.05 bits per heavy atom. The molecule has 0 heterocycles. The number of amides is 1. The number of hydrogen-bond donors (Lipinski definition) is 2. The van der Waals surface area contributed by atoms with Gasteiger partial charge in [-0.2, -0.15) is 0 Å². The molecule has 0 spiro atoms. The molecule has 5 fully saturated rings. The van der Waals surface area contributed by atoms with Crippen molar-refractivity contribution in [1.82, 2.24) is 5.32 Å². The summed E-state index contributed by atoms with van der Waals surface area (Å²) in [6.07, 6.45) is 12.2. The lowest BCUT2D eigenvalue weighted by atomic mass is 9.53. The summed E-state index contributed by atoms with van der Waals surface area (Å²) >= 11 is 0. The maximum absolute atomic E-state index is 12.5. The van der Waals surface area contributed by atoms with E-state index in [2.05, 4.69) is 5.32 Å². The highest BCUT2D eigenvalue weighted by molar-refractivity contribution is 5.77. The van der Waals surface area contributed by atoms with Gasteiger partial charge in [-0.1, -0.05) is 6.42 Å². The van der Waals surface area contributed by atoms with Crippen molar-refractivity contribution in [1.29, 1.82) is 0 Å². The average molecular weight is 276 g/mol. The fraction of sp³-hybridized carbons (Fsp3) is 0.941. The minimum absolute atomic E-state index is 0.175. The van der Waals surface area contributed by atoms with E-state index >= 15 is 0 Å². The second kappa shape index (κ2) is 4.72. The van der Waals surface area contributed by atoms with Crippen LogP contribution in [0.5, 0.6) is 0 Å².